The molecule has 5 rings (SSSR count). The first-order valence-electron chi connectivity index (χ1n) is 10.7. The quantitative estimate of drug-likeness (QED) is 0.565. The minimum atomic E-state index is -0.348. The van der Waals surface area contributed by atoms with E-state index in [4.69, 9.17) is 21.5 Å². The van der Waals surface area contributed by atoms with Crippen LogP contribution in [0.15, 0.2) is 64.8 Å². The molecule has 3 heterocycles. The van der Waals surface area contributed by atoms with Crippen LogP contribution in [0.5, 0.6) is 0 Å². The molecule has 3 aromatic rings. The molecule has 2 aromatic carbocycles. The molecule has 2 atom stereocenters. The third-order valence-electron chi connectivity index (χ3n) is 5.88. The normalized spacial score (nSPS) is 21.2. The summed E-state index contributed by atoms with van der Waals surface area (Å²) in [5.74, 6) is 0.368. The Labute approximate surface area is 191 Å². The number of thiocarbonyl (C=S) groups is 1. The summed E-state index contributed by atoms with van der Waals surface area (Å²) in [6.07, 6.45) is 2.19. The fraction of sp³-hybridized carbons (Fsp3) is 0.292. The fourth-order valence-corrected chi connectivity index (χ4v) is 4.57. The molecule has 1 fully saturated rings. The summed E-state index contributed by atoms with van der Waals surface area (Å²) in [4.78, 5) is 6.67. The van der Waals surface area contributed by atoms with Crippen LogP contribution in [0.4, 0.5) is 4.39 Å². The van der Waals surface area contributed by atoms with Crippen LogP contribution in [0.1, 0.15) is 37.3 Å². The van der Waals surface area contributed by atoms with Crippen molar-refractivity contribution in [1.82, 2.24) is 20.4 Å². The van der Waals surface area contributed by atoms with Crippen molar-refractivity contribution in [3.63, 3.8) is 0 Å². The standard InChI is InChI=1S/C24H23FN4O2S/c1-15-20(23-27-22(28-31-23)17-9-5-10-18(25)13-17)21(16-7-3-2-4-8-16)26-24(32)29(15)14-19-11-6-12-30-19/h2-5,7-10,13,19,21H,6,11-12,14H2,1H3,(H,26,32). The number of benzene rings is 2. The summed E-state index contributed by atoms with van der Waals surface area (Å²) >= 11 is 5.73. The molecule has 1 saturated heterocycles. The first-order valence-corrected chi connectivity index (χ1v) is 11.1. The van der Waals surface area contributed by atoms with E-state index >= 15 is 0 Å². The number of hydrogen-bond donors (Lipinski definition) is 1. The van der Waals surface area contributed by atoms with Gasteiger partial charge in [0.05, 0.1) is 24.3 Å². The fourth-order valence-electron chi connectivity index (χ4n) is 4.24. The Kier molecular flexibility index (Phi) is 5.71. The average molecular weight is 451 g/mol. The lowest BCUT2D eigenvalue weighted by molar-refractivity contribution is 0.0962. The topological polar surface area (TPSA) is 63.4 Å². The molecule has 164 valence electrons. The molecule has 0 bridgehead atoms. The van der Waals surface area contributed by atoms with E-state index in [1.165, 1.54) is 12.1 Å². The van der Waals surface area contributed by atoms with E-state index in [0.29, 0.717) is 28.9 Å². The Morgan fingerprint density at radius 3 is 2.78 bits per heavy atom. The van der Waals surface area contributed by atoms with Crippen LogP contribution in [-0.4, -0.2) is 39.4 Å². The lowest BCUT2D eigenvalue weighted by Crippen LogP contribution is -2.48. The molecule has 1 N–H and O–H groups in total. The monoisotopic (exact) mass is 450 g/mol. The molecule has 8 heteroatoms. The number of nitrogens with zero attached hydrogens (tertiary/aromatic N) is 3. The smallest absolute Gasteiger partial charge is 0.258 e. The van der Waals surface area contributed by atoms with Gasteiger partial charge in [0.25, 0.3) is 5.89 Å². The lowest BCUT2D eigenvalue weighted by Gasteiger charge is -2.38. The number of nitrogens with one attached hydrogen (secondary N) is 1. The van der Waals surface area contributed by atoms with Crippen molar-refractivity contribution in [2.45, 2.75) is 31.9 Å². The third kappa shape index (κ3) is 4.03. The van der Waals surface area contributed by atoms with Gasteiger partial charge in [-0.3, -0.25) is 0 Å². The maximum Gasteiger partial charge on any atom is 0.258 e. The van der Waals surface area contributed by atoms with Crippen LogP contribution in [-0.2, 0) is 4.74 Å². The molecule has 0 amide bonds. The van der Waals surface area contributed by atoms with Gasteiger partial charge in [-0.05, 0) is 49.7 Å². The van der Waals surface area contributed by atoms with Gasteiger partial charge in [-0.2, -0.15) is 4.98 Å². The van der Waals surface area contributed by atoms with Crippen molar-refractivity contribution in [2.75, 3.05) is 13.2 Å². The summed E-state index contributed by atoms with van der Waals surface area (Å²) in [5.41, 5.74) is 3.38. The van der Waals surface area contributed by atoms with Crippen LogP contribution in [0.25, 0.3) is 17.0 Å². The van der Waals surface area contributed by atoms with E-state index in [-0.39, 0.29) is 18.0 Å². The number of aromatic nitrogens is 2. The third-order valence-corrected chi connectivity index (χ3v) is 6.22. The van der Waals surface area contributed by atoms with Crippen LogP contribution in [0, 0.1) is 5.82 Å². The molecule has 6 nitrogen and oxygen atoms in total. The van der Waals surface area contributed by atoms with Crippen LogP contribution >= 0.6 is 12.2 Å². The number of halogens is 1. The molecular weight excluding hydrogens is 427 g/mol. The van der Waals surface area contributed by atoms with Gasteiger partial charge < -0.3 is 19.5 Å². The SMILES string of the molecule is CC1=C(c2nc(-c3cccc(F)c3)no2)C(c2ccccc2)NC(=S)N1CC1CCCO1. The first kappa shape index (κ1) is 20.8. The molecule has 32 heavy (non-hydrogen) atoms. The highest BCUT2D eigenvalue weighted by atomic mass is 32.1. The number of allylic oxidation sites excluding steroid dienone is 1. The minimum absolute atomic E-state index is 0.129. The minimum Gasteiger partial charge on any atom is -0.376 e. The summed E-state index contributed by atoms with van der Waals surface area (Å²) in [6.45, 7) is 3.45. The van der Waals surface area contributed by atoms with Crippen molar-refractivity contribution in [2.24, 2.45) is 0 Å². The number of ether oxygens (including phenoxy) is 1. The lowest BCUT2D eigenvalue weighted by atomic mass is 9.94. The van der Waals surface area contributed by atoms with Crippen LogP contribution in [0.2, 0.25) is 0 Å². The highest BCUT2D eigenvalue weighted by molar-refractivity contribution is 7.80. The zero-order valence-corrected chi connectivity index (χ0v) is 18.4. The predicted molar refractivity (Wildman–Crippen MR) is 123 cm³/mol. The highest BCUT2D eigenvalue weighted by Crippen LogP contribution is 2.37. The van der Waals surface area contributed by atoms with Gasteiger partial charge in [-0.15, -0.1) is 0 Å². The molecule has 2 unspecified atom stereocenters. The van der Waals surface area contributed by atoms with Crippen LogP contribution < -0.4 is 5.32 Å². The second-order valence-corrected chi connectivity index (χ2v) is 8.36. The molecule has 2 aliphatic rings. The van der Waals surface area contributed by atoms with E-state index in [9.17, 15) is 4.39 Å². The molecule has 0 spiro atoms. The molecule has 0 aliphatic carbocycles. The molecule has 0 saturated carbocycles. The van der Waals surface area contributed by atoms with E-state index in [0.717, 1.165) is 36.3 Å². The Morgan fingerprint density at radius 1 is 1.19 bits per heavy atom. The summed E-state index contributed by atoms with van der Waals surface area (Å²) in [6, 6.07) is 15.9. The maximum absolute atomic E-state index is 13.7. The molecular formula is C24H23FN4O2S. The number of rotatable bonds is 5. The Morgan fingerprint density at radius 2 is 2.03 bits per heavy atom. The van der Waals surface area contributed by atoms with E-state index in [2.05, 4.69) is 15.5 Å². The highest BCUT2D eigenvalue weighted by Gasteiger charge is 2.35. The Hall–Kier alpha value is -3.10. The van der Waals surface area contributed by atoms with E-state index in [1.54, 1.807) is 12.1 Å². The van der Waals surface area contributed by atoms with Crippen molar-refractivity contribution in [1.29, 1.82) is 0 Å². The summed E-state index contributed by atoms with van der Waals surface area (Å²) < 4.78 is 25.2. The van der Waals surface area contributed by atoms with E-state index < -0.39 is 0 Å². The first-order chi connectivity index (χ1) is 15.6. The van der Waals surface area contributed by atoms with Crippen molar-refractivity contribution >= 4 is 22.9 Å². The van der Waals surface area contributed by atoms with Crippen molar-refractivity contribution in [3.05, 3.63) is 77.6 Å². The van der Waals surface area contributed by atoms with Crippen LogP contribution in [0.3, 0.4) is 0 Å². The molecule has 0 radical (unpaired) electrons. The Balaban J connectivity index is 1.57. The van der Waals surface area contributed by atoms with Gasteiger partial charge in [0.15, 0.2) is 5.11 Å². The van der Waals surface area contributed by atoms with Gasteiger partial charge in [0.2, 0.25) is 5.82 Å². The summed E-state index contributed by atoms with van der Waals surface area (Å²) in [7, 11) is 0. The van der Waals surface area contributed by atoms with Crippen molar-refractivity contribution < 1.29 is 13.7 Å². The summed E-state index contributed by atoms with van der Waals surface area (Å²) in [5, 5.41) is 8.21. The zero-order chi connectivity index (χ0) is 22.1. The van der Waals surface area contributed by atoms with Gasteiger partial charge in [-0.25, -0.2) is 4.39 Å². The maximum atomic E-state index is 13.7. The van der Waals surface area contributed by atoms with Crippen molar-refractivity contribution in [3.8, 4) is 11.4 Å². The predicted octanol–water partition coefficient (Wildman–Crippen LogP) is 4.72. The van der Waals surface area contributed by atoms with Gasteiger partial charge >= 0.3 is 0 Å². The largest absolute Gasteiger partial charge is 0.376 e. The number of hydrogen-bond acceptors (Lipinski definition) is 5. The molecule has 1 aromatic heterocycles. The van der Waals surface area contributed by atoms with Gasteiger partial charge in [0, 0.05) is 17.9 Å². The Bertz CT molecular complexity index is 1160. The average Bonchev–Trinajstić information content (AvgIpc) is 3.49. The second kappa shape index (κ2) is 8.80. The van der Waals surface area contributed by atoms with Gasteiger partial charge in [0.1, 0.15) is 5.82 Å². The van der Waals surface area contributed by atoms with E-state index in [1.807, 2.05) is 42.2 Å². The second-order valence-electron chi connectivity index (χ2n) is 7.97. The van der Waals surface area contributed by atoms with Gasteiger partial charge in [-0.1, -0.05) is 47.6 Å². The zero-order valence-electron chi connectivity index (χ0n) is 17.6. The molecule has 2 aliphatic heterocycles.